The first-order valence-corrected chi connectivity index (χ1v) is 11.1. The molecule has 0 fully saturated rings. The number of carbonyl (C=O) groups is 1. The Hall–Kier alpha value is -2.67. The Morgan fingerprint density at radius 3 is 2.67 bits per heavy atom. The fraction of sp³-hybridized carbons (Fsp3) is 0.0435. The number of nitrogens with one attached hydrogen (secondary N) is 1. The first-order valence-electron chi connectivity index (χ1n) is 9.08. The fourth-order valence-electron chi connectivity index (χ4n) is 2.86. The number of fused-ring (bicyclic) bond motifs is 1. The number of hydrogen-bond donors (Lipinski definition) is 1. The van der Waals surface area contributed by atoms with Gasteiger partial charge in [0.15, 0.2) is 0 Å². The lowest BCUT2D eigenvalue weighted by Crippen LogP contribution is -2.16. The smallest absolute Gasteiger partial charge is 0.283 e. The Labute approximate surface area is 191 Å². The van der Waals surface area contributed by atoms with E-state index >= 15 is 0 Å². The van der Waals surface area contributed by atoms with E-state index in [0.717, 1.165) is 25.7 Å². The van der Waals surface area contributed by atoms with Crippen molar-refractivity contribution in [1.29, 1.82) is 0 Å². The second-order valence-electron chi connectivity index (χ2n) is 6.40. The minimum atomic E-state index is -0.348. The van der Waals surface area contributed by atoms with Gasteiger partial charge in [0.2, 0.25) is 0 Å². The number of hydrogen-bond acceptors (Lipinski definition) is 4. The quantitative estimate of drug-likeness (QED) is 0.238. The van der Waals surface area contributed by atoms with Crippen LogP contribution in [-0.4, -0.2) is 12.1 Å². The largest absolute Gasteiger partial charge is 0.488 e. The molecule has 1 amide bonds. The van der Waals surface area contributed by atoms with Gasteiger partial charge in [0.25, 0.3) is 5.91 Å². The van der Waals surface area contributed by atoms with Gasteiger partial charge in [-0.2, -0.15) is 5.10 Å². The third-order valence-corrected chi connectivity index (χ3v) is 6.49. The molecule has 0 aliphatic carbocycles. The summed E-state index contributed by atoms with van der Waals surface area (Å²) in [5, 5.41) is 5.41. The van der Waals surface area contributed by atoms with Crippen LogP contribution in [0.1, 0.15) is 20.8 Å². The molecule has 4 aromatic rings. The molecular weight excluding hydrogens is 484 g/mol. The summed E-state index contributed by atoms with van der Waals surface area (Å²) in [6.45, 7) is 0.438. The summed E-state index contributed by atoms with van der Waals surface area (Å²) in [4.78, 5) is 13.0. The van der Waals surface area contributed by atoms with Crippen molar-refractivity contribution in [3.05, 3.63) is 98.3 Å². The number of carbonyl (C=O) groups excluding carboxylic acids is 1. The highest BCUT2D eigenvalue weighted by molar-refractivity contribution is 9.10. The van der Waals surface area contributed by atoms with Gasteiger partial charge in [-0.25, -0.2) is 5.43 Å². The zero-order valence-electron chi connectivity index (χ0n) is 15.6. The van der Waals surface area contributed by atoms with Gasteiger partial charge in [-0.1, -0.05) is 76.1 Å². The van der Waals surface area contributed by atoms with Gasteiger partial charge in [-0.05, 0) is 29.8 Å². The molecule has 0 saturated carbocycles. The van der Waals surface area contributed by atoms with Crippen molar-refractivity contribution in [3.8, 4) is 5.75 Å². The average Bonchev–Trinajstić information content (AvgIpc) is 3.11. The summed E-state index contributed by atoms with van der Waals surface area (Å²) in [5.74, 6) is 0.319. The highest BCUT2D eigenvalue weighted by atomic mass is 79.9. The lowest BCUT2D eigenvalue weighted by Gasteiger charge is -2.09. The van der Waals surface area contributed by atoms with Crippen molar-refractivity contribution in [2.45, 2.75) is 6.61 Å². The molecule has 0 radical (unpaired) electrons. The molecule has 30 heavy (non-hydrogen) atoms. The number of hydrazone groups is 1. The number of thiophene rings is 1. The van der Waals surface area contributed by atoms with E-state index in [1.165, 1.54) is 11.3 Å². The molecule has 1 heterocycles. The summed E-state index contributed by atoms with van der Waals surface area (Å²) >= 11 is 11.2. The Balaban J connectivity index is 1.48. The van der Waals surface area contributed by atoms with Crippen LogP contribution in [0.2, 0.25) is 5.02 Å². The van der Waals surface area contributed by atoms with E-state index in [-0.39, 0.29) is 5.91 Å². The molecule has 7 heteroatoms. The van der Waals surface area contributed by atoms with Crippen LogP contribution >= 0.6 is 38.9 Å². The predicted molar refractivity (Wildman–Crippen MR) is 127 cm³/mol. The van der Waals surface area contributed by atoms with Gasteiger partial charge < -0.3 is 4.74 Å². The first-order chi connectivity index (χ1) is 14.6. The summed E-state index contributed by atoms with van der Waals surface area (Å²) < 4.78 is 7.78. The Morgan fingerprint density at radius 1 is 1.10 bits per heavy atom. The van der Waals surface area contributed by atoms with Crippen LogP contribution in [-0.2, 0) is 6.61 Å². The van der Waals surface area contributed by atoms with Crippen molar-refractivity contribution < 1.29 is 9.53 Å². The molecule has 0 aliphatic heterocycles. The van der Waals surface area contributed by atoms with Crippen molar-refractivity contribution >= 4 is 61.1 Å². The van der Waals surface area contributed by atoms with Gasteiger partial charge >= 0.3 is 0 Å². The van der Waals surface area contributed by atoms with Crippen LogP contribution in [0.15, 0.2) is 82.4 Å². The number of amides is 1. The van der Waals surface area contributed by atoms with Crippen molar-refractivity contribution in [2.75, 3.05) is 0 Å². The summed E-state index contributed by atoms with van der Waals surface area (Å²) in [6.07, 6.45) is 1.56. The zero-order valence-corrected chi connectivity index (χ0v) is 18.8. The summed E-state index contributed by atoms with van der Waals surface area (Å²) in [7, 11) is 0. The SMILES string of the molecule is O=C(N/N=C/c1cc(Br)ccc1OCc1ccccc1)c1sc2ccccc2c1Cl. The van der Waals surface area contributed by atoms with Gasteiger partial charge in [0.1, 0.15) is 17.2 Å². The van der Waals surface area contributed by atoms with Gasteiger partial charge in [-0.15, -0.1) is 11.3 Å². The Morgan fingerprint density at radius 2 is 1.87 bits per heavy atom. The summed E-state index contributed by atoms with van der Waals surface area (Å²) in [5.41, 5.74) is 4.36. The molecule has 1 N–H and O–H groups in total. The van der Waals surface area contributed by atoms with E-state index < -0.39 is 0 Å². The molecule has 4 nitrogen and oxygen atoms in total. The zero-order chi connectivity index (χ0) is 20.9. The third-order valence-electron chi connectivity index (χ3n) is 4.32. The number of rotatable bonds is 6. The average molecular weight is 500 g/mol. The third kappa shape index (κ3) is 4.73. The molecule has 1 aromatic heterocycles. The number of halogens is 2. The van der Waals surface area contributed by atoms with Crippen molar-refractivity contribution in [2.24, 2.45) is 5.10 Å². The summed E-state index contributed by atoms with van der Waals surface area (Å²) in [6, 6.07) is 23.2. The first kappa shape index (κ1) is 20.6. The van der Waals surface area contributed by atoms with Crippen LogP contribution in [0, 0.1) is 0 Å². The molecular formula is C23H16BrClN2O2S. The monoisotopic (exact) mass is 498 g/mol. The highest BCUT2D eigenvalue weighted by Gasteiger charge is 2.16. The molecule has 0 unspecified atom stereocenters. The topological polar surface area (TPSA) is 50.7 Å². The van der Waals surface area contributed by atoms with E-state index in [1.807, 2.05) is 72.8 Å². The maximum atomic E-state index is 12.5. The van der Waals surface area contributed by atoms with Crippen molar-refractivity contribution in [1.82, 2.24) is 5.43 Å². The standard InChI is InChI=1S/C23H16BrClN2O2S/c24-17-10-11-19(29-14-15-6-2-1-3-7-15)16(12-17)13-26-27-23(28)22-21(25)18-8-4-5-9-20(18)30-22/h1-13H,14H2,(H,27,28)/b26-13+. The molecule has 0 aliphatic rings. The molecule has 3 aromatic carbocycles. The predicted octanol–water partition coefficient (Wildman–Crippen LogP) is 6.66. The Bertz CT molecular complexity index is 1220. The van der Waals surface area contributed by atoms with Gasteiger partial charge in [0.05, 0.1) is 11.2 Å². The molecule has 4 rings (SSSR count). The maximum absolute atomic E-state index is 12.5. The second-order valence-corrected chi connectivity index (χ2v) is 8.74. The lowest BCUT2D eigenvalue weighted by molar-refractivity contribution is 0.0959. The maximum Gasteiger partial charge on any atom is 0.283 e. The van der Waals surface area contributed by atoms with Crippen LogP contribution in [0.5, 0.6) is 5.75 Å². The van der Waals surface area contributed by atoms with Crippen LogP contribution in [0.25, 0.3) is 10.1 Å². The van der Waals surface area contributed by atoms with E-state index in [1.54, 1.807) is 6.21 Å². The van der Waals surface area contributed by atoms with Gasteiger partial charge in [-0.3, -0.25) is 4.79 Å². The number of benzene rings is 3. The highest BCUT2D eigenvalue weighted by Crippen LogP contribution is 2.35. The molecule has 0 atom stereocenters. The normalized spacial score (nSPS) is 11.1. The molecule has 0 bridgehead atoms. The van der Waals surface area contributed by atoms with Crippen LogP contribution < -0.4 is 10.2 Å². The second kappa shape index (κ2) is 9.43. The van der Waals surface area contributed by atoms with Crippen LogP contribution in [0.4, 0.5) is 0 Å². The van der Waals surface area contributed by atoms with E-state index in [9.17, 15) is 4.79 Å². The molecule has 150 valence electrons. The van der Waals surface area contributed by atoms with Crippen LogP contribution in [0.3, 0.4) is 0 Å². The Kier molecular flexibility index (Phi) is 6.47. The molecule has 0 saturated heterocycles. The van der Waals surface area contributed by atoms with E-state index in [2.05, 4.69) is 26.5 Å². The minimum absolute atomic E-state index is 0.348. The fourth-order valence-corrected chi connectivity index (χ4v) is 4.64. The van der Waals surface area contributed by atoms with E-state index in [0.29, 0.717) is 22.3 Å². The van der Waals surface area contributed by atoms with Gasteiger partial charge in [0, 0.05) is 20.1 Å². The minimum Gasteiger partial charge on any atom is -0.488 e. The number of nitrogens with zero attached hydrogens (tertiary/aromatic N) is 1. The van der Waals surface area contributed by atoms with E-state index in [4.69, 9.17) is 16.3 Å². The lowest BCUT2D eigenvalue weighted by atomic mass is 10.2. The number of ether oxygens (including phenoxy) is 1. The molecule has 0 spiro atoms. The van der Waals surface area contributed by atoms with Crippen molar-refractivity contribution in [3.63, 3.8) is 0 Å².